The summed E-state index contributed by atoms with van der Waals surface area (Å²) in [4.78, 5) is 40.6. The summed E-state index contributed by atoms with van der Waals surface area (Å²) in [5.41, 5.74) is -0.666. The number of halogens is 3. The van der Waals surface area contributed by atoms with Crippen molar-refractivity contribution in [2.45, 2.75) is 38.0 Å². The lowest BCUT2D eigenvalue weighted by Gasteiger charge is -2.41. The summed E-state index contributed by atoms with van der Waals surface area (Å²) in [7, 11) is 2.79. The number of anilines is 2. The molecular weight excluding hydrogens is 439 g/mol. The molecule has 2 N–H and O–H groups in total. The molecular formula is C21H24F3N7O2. The van der Waals surface area contributed by atoms with Crippen LogP contribution in [0.2, 0.25) is 0 Å². The first-order chi connectivity index (χ1) is 15.5. The Morgan fingerprint density at radius 1 is 1.36 bits per heavy atom. The van der Waals surface area contributed by atoms with Crippen LogP contribution in [0.4, 0.5) is 29.5 Å². The summed E-state index contributed by atoms with van der Waals surface area (Å²) in [5, 5.41) is 2.35. The number of urea groups is 1. The second-order valence-corrected chi connectivity index (χ2v) is 8.26. The van der Waals surface area contributed by atoms with Crippen LogP contribution in [-0.2, 0) is 13.2 Å². The van der Waals surface area contributed by atoms with E-state index < -0.39 is 29.0 Å². The van der Waals surface area contributed by atoms with Gasteiger partial charge in [-0.2, -0.15) is 13.2 Å². The third kappa shape index (κ3) is 4.50. The standard InChI is InChI=1S/C21H24F3N7O2/c1-12-8-14(5-7-31(12)17-10-26-18-15(27-17)4-6-25-18)30(3)20(33)28-16-9-13(21(22,23)24)11-29(2)19(16)32/h4,6,9-12,14H,5,7-8H2,1-3H3,(H,25,26)(H,28,33)/t12-,14-/m1/s1. The van der Waals surface area contributed by atoms with Gasteiger partial charge in [0, 0.05) is 45.1 Å². The topological polar surface area (TPSA) is 99.1 Å². The number of carbonyl (C=O) groups is 1. The molecule has 1 aliphatic heterocycles. The minimum Gasteiger partial charge on any atom is -0.352 e. The van der Waals surface area contributed by atoms with Gasteiger partial charge in [0.2, 0.25) is 0 Å². The maximum Gasteiger partial charge on any atom is 0.417 e. The highest BCUT2D eigenvalue weighted by Gasteiger charge is 2.33. The Balaban J connectivity index is 1.45. The Hall–Kier alpha value is -3.57. The second-order valence-electron chi connectivity index (χ2n) is 8.26. The van der Waals surface area contributed by atoms with Gasteiger partial charge in [0.1, 0.15) is 17.0 Å². The van der Waals surface area contributed by atoms with Crippen molar-refractivity contribution in [3.63, 3.8) is 0 Å². The van der Waals surface area contributed by atoms with Crippen LogP contribution in [0.1, 0.15) is 25.3 Å². The first kappa shape index (κ1) is 22.6. The number of amides is 2. The summed E-state index contributed by atoms with van der Waals surface area (Å²) in [6.45, 7) is 2.64. The van der Waals surface area contributed by atoms with Crippen molar-refractivity contribution in [3.05, 3.63) is 46.6 Å². The zero-order valence-electron chi connectivity index (χ0n) is 18.3. The molecule has 1 fully saturated rings. The van der Waals surface area contributed by atoms with E-state index in [-0.39, 0.29) is 12.1 Å². The van der Waals surface area contributed by atoms with Crippen LogP contribution in [0.5, 0.6) is 0 Å². The fourth-order valence-corrected chi connectivity index (χ4v) is 4.12. The molecule has 3 aromatic heterocycles. The monoisotopic (exact) mass is 463 g/mol. The third-order valence-corrected chi connectivity index (χ3v) is 6.01. The van der Waals surface area contributed by atoms with Crippen molar-refractivity contribution in [2.75, 3.05) is 23.8 Å². The van der Waals surface area contributed by atoms with E-state index in [0.717, 1.165) is 15.9 Å². The molecule has 0 radical (unpaired) electrons. The minimum atomic E-state index is -4.63. The van der Waals surface area contributed by atoms with E-state index in [1.165, 1.54) is 11.9 Å². The lowest BCUT2D eigenvalue weighted by molar-refractivity contribution is -0.138. The highest BCUT2D eigenvalue weighted by Crippen LogP contribution is 2.30. The summed E-state index contributed by atoms with van der Waals surface area (Å²) in [5.74, 6) is 0.743. The summed E-state index contributed by atoms with van der Waals surface area (Å²) >= 11 is 0. The van der Waals surface area contributed by atoms with Gasteiger partial charge in [-0.25, -0.2) is 14.8 Å². The maximum absolute atomic E-state index is 13.1. The normalized spacial score (nSPS) is 19.0. The van der Waals surface area contributed by atoms with Crippen molar-refractivity contribution in [2.24, 2.45) is 7.05 Å². The number of fused-ring (bicyclic) bond motifs is 1. The first-order valence-corrected chi connectivity index (χ1v) is 10.4. The van der Waals surface area contributed by atoms with Gasteiger partial charge in [-0.1, -0.05) is 0 Å². The van der Waals surface area contributed by atoms with E-state index in [1.54, 1.807) is 19.4 Å². The lowest BCUT2D eigenvalue weighted by atomic mass is 9.97. The number of hydrogen-bond donors (Lipinski definition) is 2. The number of piperidine rings is 1. The van der Waals surface area contributed by atoms with Crippen LogP contribution in [-0.4, -0.2) is 56.1 Å². The second kappa shape index (κ2) is 8.41. The molecule has 12 heteroatoms. The molecule has 0 saturated carbocycles. The number of hydrogen-bond acceptors (Lipinski definition) is 5. The number of nitrogens with zero attached hydrogens (tertiary/aromatic N) is 5. The highest BCUT2D eigenvalue weighted by molar-refractivity contribution is 5.89. The van der Waals surface area contributed by atoms with Gasteiger partial charge >= 0.3 is 12.2 Å². The number of nitrogens with one attached hydrogen (secondary N) is 2. The number of rotatable bonds is 3. The summed E-state index contributed by atoms with van der Waals surface area (Å²) < 4.78 is 40.1. The molecule has 2 amide bonds. The van der Waals surface area contributed by atoms with Gasteiger partial charge in [0.15, 0.2) is 5.65 Å². The molecule has 3 aromatic rings. The number of H-pyrrole nitrogens is 1. The van der Waals surface area contributed by atoms with Crippen molar-refractivity contribution < 1.29 is 18.0 Å². The van der Waals surface area contributed by atoms with Crippen molar-refractivity contribution in [1.29, 1.82) is 0 Å². The van der Waals surface area contributed by atoms with Crippen LogP contribution < -0.4 is 15.8 Å². The van der Waals surface area contributed by atoms with E-state index >= 15 is 0 Å². The van der Waals surface area contributed by atoms with Crippen LogP contribution in [0.15, 0.2) is 35.5 Å². The molecule has 176 valence electrons. The minimum absolute atomic E-state index is 0.0473. The molecule has 4 heterocycles. The zero-order chi connectivity index (χ0) is 23.9. The van der Waals surface area contributed by atoms with Crippen molar-refractivity contribution >= 4 is 28.7 Å². The number of alkyl halides is 3. The number of aromatic amines is 1. The largest absolute Gasteiger partial charge is 0.417 e. The number of pyridine rings is 1. The fraction of sp³-hybridized carbons (Fsp3) is 0.429. The van der Waals surface area contributed by atoms with E-state index in [1.807, 2.05) is 13.0 Å². The average molecular weight is 463 g/mol. The molecule has 1 aliphatic rings. The molecule has 9 nitrogen and oxygen atoms in total. The number of aromatic nitrogens is 4. The quantitative estimate of drug-likeness (QED) is 0.622. The molecule has 0 spiro atoms. The molecule has 0 aromatic carbocycles. The zero-order valence-corrected chi connectivity index (χ0v) is 18.3. The Morgan fingerprint density at radius 3 is 2.82 bits per heavy atom. The SMILES string of the molecule is C[C@@H]1C[C@H](N(C)C(=O)Nc2cc(C(F)(F)F)cn(C)c2=O)CCN1c1cnc2[nH]ccc2n1. The van der Waals surface area contributed by atoms with E-state index in [4.69, 9.17) is 0 Å². The summed E-state index contributed by atoms with van der Waals surface area (Å²) in [6.07, 6.45) is 0.794. The predicted molar refractivity (Wildman–Crippen MR) is 117 cm³/mol. The molecule has 0 unspecified atom stereocenters. The molecule has 4 rings (SSSR count). The Morgan fingerprint density at radius 2 is 2.12 bits per heavy atom. The van der Waals surface area contributed by atoms with Gasteiger partial charge in [-0.3, -0.25) is 4.79 Å². The predicted octanol–water partition coefficient (Wildman–Crippen LogP) is 3.20. The molecule has 0 bridgehead atoms. The van der Waals surface area contributed by atoms with Gasteiger partial charge < -0.3 is 24.7 Å². The summed E-state index contributed by atoms with van der Waals surface area (Å²) in [6, 6.07) is 1.76. The molecule has 2 atom stereocenters. The fourth-order valence-electron chi connectivity index (χ4n) is 4.12. The Kier molecular flexibility index (Phi) is 5.76. The smallest absolute Gasteiger partial charge is 0.352 e. The number of aryl methyl sites for hydroxylation is 1. The Labute approximate surface area is 187 Å². The van der Waals surface area contributed by atoms with Crippen LogP contribution in [0, 0.1) is 0 Å². The van der Waals surface area contributed by atoms with Gasteiger partial charge in [0.05, 0.1) is 11.8 Å². The average Bonchev–Trinajstić information content (AvgIpc) is 3.23. The highest BCUT2D eigenvalue weighted by atomic mass is 19.4. The maximum atomic E-state index is 13.1. The number of carbonyl (C=O) groups excluding carboxylic acids is 1. The van der Waals surface area contributed by atoms with Gasteiger partial charge in [-0.05, 0) is 31.9 Å². The molecule has 33 heavy (non-hydrogen) atoms. The lowest BCUT2D eigenvalue weighted by Crippen LogP contribution is -2.51. The molecule has 0 aliphatic carbocycles. The third-order valence-electron chi connectivity index (χ3n) is 6.01. The van der Waals surface area contributed by atoms with Crippen LogP contribution in [0.3, 0.4) is 0 Å². The van der Waals surface area contributed by atoms with E-state index in [2.05, 4.69) is 25.2 Å². The van der Waals surface area contributed by atoms with Crippen molar-refractivity contribution in [1.82, 2.24) is 24.4 Å². The van der Waals surface area contributed by atoms with E-state index in [9.17, 15) is 22.8 Å². The van der Waals surface area contributed by atoms with E-state index in [0.29, 0.717) is 37.3 Å². The van der Waals surface area contributed by atoms with Crippen LogP contribution >= 0.6 is 0 Å². The van der Waals surface area contributed by atoms with Crippen LogP contribution in [0.25, 0.3) is 11.2 Å². The van der Waals surface area contributed by atoms with Gasteiger partial charge in [0.25, 0.3) is 5.56 Å². The van der Waals surface area contributed by atoms with Crippen molar-refractivity contribution in [3.8, 4) is 0 Å². The molecule has 1 saturated heterocycles. The van der Waals surface area contributed by atoms with Gasteiger partial charge in [-0.15, -0.1) is 0 Å². The first-order valence-electron chi connectivity index (χ1n) is 10.4. The Bertz CT molecular complexity index is 1240.